The first-order valence-electron chi connectivity index (χ1n) is 11.0. The molecule has 1 aliphatic heterocycles. The van der Waals surface area contributed by atoms with Gasteiger partial charge in [0.1, 0.15) is 0 Å². The fourth-order valence-corrected chi connectivity index (χ4v) is 7.32. The summed E-state index contributed by atoms with van der Waals surface area (Å²) in [6, 6.07) is 9.13. The quantitative estimate of drug-likeness (QED) is 0.788. The Bertz CT molecular complexity index is 777. The molecule has 0 aromatic heterocycles. The van der Waals surface area contributed by atoms with Crippen molar-refractivity contribution in [2.45, 2.75) is 57.8 Å². The summed E-state index contributed by atoms with van der Waals surface area (Å²) in [6.45, 7) is 6.55. The van der Waals surface area contributed by atoms with Gasteiger partial charge in [-0.05, 0) is 68.3 Å². The molecule has 6 rings (SSSR count). The highest BCUT2D eigenvalue weighted by Crippen LogP contribution is 2.66. The number of piperazine rings is 1. The Balaban J connectivity index is 1.41. The van der Waals surface area contributed by atoms with Crippen LogP contribution in [0.15, 0.2) is 24.3 Å². The zero-order valence-corrected chi connectivity index (χ0v) is 17.2. The van der Waals surface area contributed by atoms with Crippen molar-refractivity contribution in [3.63, 3.8) is 0 Å². The van der Waals surface area contributed by atoms with E-state index in [4.69, 9.17) is 0 Å². The molecule has 0 N–H and O–H groups in total. The maximum atomic E-state index is 13.8. The molecular formula is C24H32N2O2. The highest BCUT2D eigenvalue weighted by Gasteiger charge is 2.61. The van der Waals surface area contributed by atoms with Crippen molar-refractivity contribution in [3.05, 3.63) is 35.4 Å². The van der Waals surface area contributed by atoms with Gasteiger partial charge in [-0.25, -0.2) is 0 Å². The van der Waals surface area contributed by atoms with E-state index < -0.39 is 0 Å². The highest BCUT2D eigenvalue weighted by atomic mass is 16.2. The van der Waals surface area contributed by atoms with Crippen molar-refractivity contribution >= 4 is 11.8 Å². The third kappa shape index (κ3) is 2.79. The monoisotopic (exact) mass is 380 g/mol. The SMILES string of the molecule is CC(=O)N1CCN(C(=O)C23CC4CC(C2)CC(c2ccc(C)cc2)(C4)C3)CC1. The van der Waals surface area contributed by atoms with Gasteiger partial charge >= 0.3 is 0 Å². The molecule has 2 atom stereocenters. The van der Waals surface area contributed by atoms with Crippen LogP contribution in [0, 0.1) is 24.2 Å². The van der Waals surface area contributed by atoms with E-state index in [0.29, 0.717) is 43.9 Å². The van der Waals surface area contributed by atoms with Gasteiger partial charge in [0.2, 0.25) is 11.8 Å². The molecular weight excluding hydrogens is 348 g/mol. The first-order chi connectivity index (χ1) is 13.4. The maximum absolute atomic E-state index is 13.8. The van der Waals surface area contributed by atoms with E-state index >= 15 is 0 Å². The molecule has 5 aliphatic rings. The summed E-state index contributed by atoms with van der Waals surface area (Å²) in [6.07, 6.45) is 7.05. The Morgan fingerprint density at radius 2 is 1.46 bits per heavy atom. The van der Waals surface area contributed by atoms with Gasteiger partial charge in [-0.15, -0.1) is 0 Å². The van der Waals surface area contributed by atoms with E-state index in [1.807, 2.05) is 4.90 Å². The van der Waals surface area contributed by atoms with E-state index in [1.165, 1.54) is 30.4 Å². The van der Waals surface area contributed by atoms with E-state index in [2.05, 4.69) is 36.1 Å². The number of carbonyl (C=O) groups is 2. The fraction of sp³-hybridized carbons (Fsp3) is 0.667. The van der Waals surface area contributed by atoms with Crippen LogP contribution in [-0.2, 0) is 15.0 Å². The summed E-state index contributed by atoms with van der Waals surface area (Å²) < 4.78 is 0. The van der Waals surface area contributed by atoms with Gasteiger partial charge in [-0.1, -0.05) is 29.8 Å². The molecule has 2 amide bonds. The number of carbonyl (C=O) groups excluding carboxylic acids is 2. The van der Waals surface area contributed by atoms with E-state index in [1.54, 1.807) is 6.92 Å². The van der Waals surface area contributed by atoms with Crippen LogP contribution in [-0.4, -0.2) is 47.8 Å². The van der Waals surface area contributed by atoms with Crippen molar-refractivity contribution < 1.29 is 9.59 Å². The summed E-state index contributed by atoms with van der Waals surface area (Å²) >= 11 is 0. The predicted octanol–water partition coefficient (Wildman–Crippen LogP) is 3.52. The standard InChI is InChI=1S/C24H32N2O2/c1-17-3-5-21(6-4-17)23-12-19-11-20(13-23)15-24(14-19,16-23)22(28)26-9-7-25(8-10-26)18(2)27/h3-6,19-20H,7-16H2,1-2H3. The Kier molecular flexibility index (Phi) is 4.12. The van der Waals surface area contributed by atoms with Crippen LogP contribution >= 0.6 is 0 Å². The van der Waals surface area contributed by atoms with Crippen LogP contribution < -0.4 is 0 Å². The van der Waals surface area contributed by atoms with Gasteiger partial charge in [0.05, 0.1) is 5.41 Å². The number of hydrogen-bond donors (Lipinski definition) is 0. The minimum atomic E-state index is -0.159. The minimum Gasteiger partial charge on any atom is -0.339 e. The van der Waals surface area contributed by atoms with Crippen LogP contribution in [0.5, 0.6) is 0 Å². The molecule has 4 nitrogen and oxygen atoms in total. The topological polar surface area (TPSA) is 40.6 Å². The van der Waals surface area contributed by atoms with Gasteiger partial charge in [-0.3, -0.25) is 9.59 Å². The minimum absolute atomic E-state index is 0.125. The average Bonchev–Trinajstić information content (AvgIpc) is 2.67. The van der Waals surface area contributed by atoms with Crippen molar-refractivity contribution in [1.29, 1.82) is 0 Å². The Morgan fingerprint density at radius 1 is 0.893 bits per heavy atom. The fourth-order valence-electron chi connectivity index (χ4n) is 7.32. The number of amides is 2. The second-order valence-corrected chi connectivity index (χ2v) is 10.2. The van der Waals surface area contributed by atoms with E-state index in [9.17, 15) is 9.59 Å². The molecule has 1 saturated heterocycles. The molecule has 0 spiro atoms. The zero-order valence-electron chi connectivity index (χ0n) is 17.2. The zero-order chi connectivity index (χ0) is 19.5. The largest absolute Gasteiger partial charge is 0.339 e. The van der Waals surface area contributed by atoms with Crippen LogP contribution in [0.3, 0.4) is 0 Å². The molecule has 1 aromatic carbocycles. The Hall–Kier alpha value is -1.84. The highest BCUT2D eigenvalue weighted by molar-refractivity contribution is 5.84. The molecule has 1 heterocycles. The summed E-state index contributed by atoms with van der Waals surface area (Å²) in [4.78, 5) is 29.4. The number of rotatable bonds is 2. The molecule has 2 unspecified atom stereocenters. The Labute approximate surface area is 168 Å². The van der Waals surface area contributed by atoms with Gasteiger partial charge < -0.3 is 9.80 Å². The van der Waals surface area contributed by atoms with E-state index in [0.717, 1.165) is 19.3 Å². The van der Waals surface area contributed by atoms with Crippen molar-refractivity contribution in [2.24, 2.45) is 17.3 Å². The lowest BCUT2D eigenvalue weighted by Crippen LogP contribution is -2.61. The van der Waals surface area contributed by atoms with Gasteiger partial charge in [0, 0.05) is 33.1 Å². The molecule has 4 heteroatoms. The van der Waals surface area contributed by atoms with Gasteiger partial charge in [0.15, 0.2) is 0 Å². The molecule has 1 aromatic rings. The molecule has 4 aliphatic carbocycles. The van der Waals surface area contributed by atoms with Crippen LogP contribution in [0.2, 0.25) is 0 Å². The van der Waals surface area contributed by atoms with Crippen molar-refractivity contribution in [1.82, 2.24) is 9.80 Å². The second kappa shape index (κ2) is 6.33. The van der Waals surface area contributed by atoms with Gasteiger partial charge in [0.25, 0.3) is 0 Å². The molecule has 4 bridgehead atoms. The molecule has 4 saturated carbocycles. The third-order valence-electron chi connectivity index (χ3n) is 8.19. The number of nitrogens with zero attached hydrogens (tertiary/aromatic N) is 2. The summed E-state index contributed by atoms with van der Waals surface area (Å²) in [5, 5.41) is 0. The van der Waals surface area contributed by atoms with Crippen molar-refractivity contribution in [3.8, 4) is 0 Å². The number of aryl methyl sites for hydroxylation is 1. The normalized spacial score (nSPS) is 36.6. The van der Waals surface area contributed by atoms with E-state index in [-0.39, 0.29) is 16.7 Å². The lowest BCUT2D eigenvalue weighted by atomic mass is 9.42. The predicted molar refractivity (Wildman–Crippen MR) is 109 cm³/mol. The van der Waals surface area contributed by atoms with Crippen LogP contribution in [0.25, 0.3) is 0 Å². The first-order valence-corrected chi connectivity index (χ1v) is 11.0. The molecule has 28 heavy (non-hydrogen) atoms. The first kappa shape index (κ1) is 18.2. The summed E-state index contributed by atoms with van der Waals surface area (Å²) in [7, 11) is 0. The lowest BCUT2D eigenvalue weighted by Gasteiger charge is -2.62. The smallest absolute Gasteiger partial charge is 0.228 e. The molecule has 5 fully saturated rings. The van der Waals surface area contributed by atoms with Crippen molar-refractivity contribution in [2.75, 3.05) is 26.2 Å². The maximum Gasteiger partial charge on any atom is 0.228 e. The number of hydrogen-bond acceptors (Lipinski definition) is 2. The van der Waals surface area contributed by atoms with Crippen LogP contribution in [0.1, 0.15) is 56.6 Å². The molecule has 150 valence electrons. The van der Waals surface area contributed by atoms with Crippen LogP contribution in [0.4, 0.5) is 0 Å². The van der Waals surface area contributed by atoms with Gasteiger partial charge in [-0.2, -0.15) is 0 Å². The second-order valence-electron chi connectivity index (χ2n) is 10.2. The Morgan fingerprint density at radius 3 is 2.04 bits per heavy atom. The number of benzene rings is 1. The molecule has 0 radical (unpaired) electrons. The summed E-state index contributed by atoms with van der Waals surface area (Å²) in [5.41, 5.74) is 2.82. The summed E-state index contributed by atoms with van der Waals surface area (Å²) in [5.74, 6) is 1.91. The average molecular weight is 381 g/mol. The third-order valence-corrected chi connectivity index (χ3v) is 8.19. The lowest BCUT2D eigenvalue weighted by molar-refractivity contribution is -0.163.